The molecule has 2 heterocycles. The van der Waals surface area contributed by atoms with Gasteiger partial charge in [0.25, 0.3) is 0 Å². The molecular formula is C23H16Cl2N2O5. The Hall–Kier alpha value is -3.55. The highest BCUT2D eigenvalue weighted by Gasteiger charge is 2.27. The first kappa shape index (κ1) is 21.7. The molecule has 2 aromatic carbocycles. The van der Waals surface area contributed by atoms with Crippen molar-refractivity contribution in [2.45, 2.75) is 0 Å². The Balaban J connectivity index is 1.82. The largest absolute Gasteiger partial charge is 0.465 e. The van der Waals surface area contributed by atoms with Gasteiger partial charge in [-0.25, -0.2) is 14.6 Å². The van der Waals surface area contributed by atoms with Crippen LogP contribution in [-0.2, 0) is 19.1 Å². The molecule has 0 atom stereocenters. The molecule has 9 heteroatoms. The van der Waals surface area contributed by atoms with Gasteiger partial charge < -0.3 is 18.8 Å². The molecule has 0 N–H and O–H groups in total. The van der Waals surface area contributed by atoms with Gasteiger partial charge in [0, 0.05) is 16.9 Å². The maximum absolute atomic E-state index is 12.6. The Kier molecular flexibility index (Phi) is 6.03. The number of nitrogens with zero attached hydrogens (tertiary/aromatic N) is 2. The molecular weight excluding hydrogens is 455 g/mol. The Bertz CT molecular complexity index is 1320. The van der Waals surface area contributed by atoms with Gasteiger partial charge in [0.2, 0.25) is 5.89 Å². The number of halogens is 2. The van der Waals surface area contributed by atoms with E-state index in [1.165, 1.54) is 25.2 Å². The molecule has 162 valence electrons. The maximum Gasteiger partial charge on any atom is 0.355 e. The number of fused-ring (bicyclic) bond motifs is 1. The lowest BCUT2D eigenvalue weighted by Crippen LogP contribution is -2.26. The second-order valence-corrected chi connectivity index (χ2v) is 7.45. The normalized spacial score (nSPS) is 13.4. The standard InChI is InChI=1S/C23H16Cl2N2O5/c1-30-22(28)16-5-3-4-10-27(20(16)23(29)31-2)14-7-9-19-18(12-14)26-21(32-19)15-8-6-13(24)11-17(15)25/h3-12H,1-2H3. The first-order chi connectivity index (χ1) is 15.4. The van der Waals surface area contributed by atoms with Gasteiger partial charge >= 0.3 is 11.9 Å². The molecule has 4 rings (SSSR count). The van der Waals surface area contributed by atoms with Crippen LogP contribution in [0.1, 0.15) is 0 Å². The third kappa shape index (κ3) is 4.00. The summed E-state index contributed by atoms with van der Waals surface area (Å²) in [7, 11) is 2.48. The van der Waals surface area contributed by atoms with E-state index in [9.17, 15) is 9.59 Å². The van der Waals surface area contributed by atoms with Gasteiger partial charge in [0.1, 0.15) is 11.2 Å². The second kappa shape index (κ2) is 8.90. The van der Waals surface area contributed by atoms with Crippen LogP contribution in [0.15, 0.2) is 76.5 Å². The fourth-order valence-electron chi connectivity index (χ4n) is 3.21. The third-order valence-corrected chi connectivity index (χ3v) is 5.25. The summed E-state index contributed by atoms with van der Waals surface area (Å²) in [5, 5.41) is 0.909. The van der Waals surface area contributed by atoms with E-state index in [1.54, 1.807) is 54.8 Å². The summed E-state index contributed by atoms with van der Waals surface area (Å²) >= 11 is 12.3. The fraction of sp³-hybridized carbons (Fsp3) is 0.0870. The van der Waals surface area contributed by atoms with Crippen molar-refractivity contribution in [3.8, 4) is 11.5 Å². The molecule has 7 nitrogen and oxygen atoms in total. The van der Waals surface area contributed by atoms with Crippen molar-refractivity contribution >= 4 is 51.9 Å². The van der Waals surface area contributed by atoms with Gasteiger partial charge in [-0.15, -0.1) is 0 Å². The van der Waals surface area contributed by atoms with Crippen LogP contribution in [0.5, 0.6) is 0 Å². The molecule has 3 aromatic rings. The van der Waals surface area contributed by atoms with Crippen molar-refractivity contribution in [1.82, 2.24) is 4.98 Å². The average molecular weight is 471 g/mol. The zero-order valence-electron chi connectivity index (χ0n) is 17.0. The zero-order chi connectivity index (χ0) is 22.8. The van der Waals surface area contributed by atoms with Gasteiger partial charge in [-0.2, -0.15) is 0 Å². The quantitative estimate of drug-likeness (QED) is 0.478. The third-order valence-electron chi connectivity index (χ3n) is 4.70. The molecule has 0 unspecified atom stereocenters. The van der Waals surface area contributed by atoms with E-state index < -0.39 is 11.9 Å². The van der Waals surface area contributed by atoms with Gasteiger partial charge in [-0.1, -0.05) is 29.3 Å². The second-order valence-electron chi connectivity index (χ2n) is 6.61. The minimum atomic E-state index is -0.699. The summed E-state index contributed by atoms with van der Waals surface area (Å²) in [4.78, 5) is 31.0. The number of methoxy groups -OCH3 is 2. The van der Waals surface area contributed by atoms with Crippen LogP contribution in [0.4, 0.5) is 5.69 Å². The van der Waals surface area contributed by atoms with Crippen LogP contribution < -0.4 is 4.90 Å². The zero-order valence-corrected chi connectivity index (χ0v) is 18.5. The van der Waals surface area contributed by atoms with Gasteiger partial charge in [0.15, 0.2) is 5.58 Å². The van der Waals surface area contributed by atoms with Crippen molar-refractivity contribution in [2.24, 2.45) is 0 Å². The predicted octanol–water partition coefficient (Wildman–Crippen LogP) is 5.29. The number of carbonyl (C=O) groups is 2. The van der Waals surface area contributed by atoms with E-state index in [-0.39, 0.29) is 11.3 Å². The highest BCUT2D eigenvalue weighted by molar-refractivity contribution is 6.36. The van der Waals surface area contributed by atoms with Crippen molar-refractivity contribution in [2.75, 3.05) is 19.1 Å². The Labute approximate surface area is 193 Å². The molecule has 0 spiro atoms. The number of oxazole rings is 1. The molecule has 0 bridgehead atoms. The minimum absolute atomic E-state index is 0.00756. The average Bonchev–Trinajstić information content (AvgIpc) is 3.08. The number of benzene rings is 2. The van der Waals surface area contributed by atoms with Gasteiger partial charge in [-0.05, 0) is 48.6 Å². The van der Waals surface area contributed by atoms with Crippen LogP contribution in [0.25, 0.3) is 22.6 Å². The Morgan fingerprint density at radius 3 is 2.50 bits per heavy atom. The number of hydrogen-bond acceptors (Lipinski definition) is 7. The Morgan fingerprint density at radius 1 is 1.00 bits per heavy atom. The number of ether oxygens (including phenoxy) is 2. The molecule has 0 saturated heterocycles. The predicted molar refractivity (Wildman–Crippen MR) is 121 cm³/mol. The topological polar surface area (TPSA) is 81.9 Å². The van der Waals surface area contributed by atoms with Crippen LogP contribution in [0.2, 0.25) is 10.0 Å². The van der Waals surface area contributed by atoms with Crippen molar-refractivity contribution in [3.05, 3.63) is 82.1 Å². The van der Waals surface area contributed by atoms with Crippen LogP contribution >= 0.6 is 23.2 Å². The van der Waals surface area contributed by atoms with Crippen LogP contribution in [0.3, 0.4) is 0 Å². The van der Waals surface area contributed by atoms with Gasteiger partial charge in [0.05, 0.1) is 30.4 Å². The maximum atomic E-state index is 12.6. The minimum Gasteiger partial charge on any atom is -0.465 e. The summed E-state index contributed by atoms with van der Waals surface area (Å²) in [6.45, 7) is 0. The van der Waals surface area contributed by atoms with Crippen LogP contribution in [-0.4, -0.2) is 31.1 Å². The van der Waals surface area contributed by atoms with E-state index in [2.05, 4.69) is 4.98 Å². The monoisotopic (exact) mass is 470 g/mol. The molecule has 0 fully saturated rings. The summed E-state index contributed by atoms with van der Waals surface area (Å²) in [6, 6.07) is 10.2. The first-order valence-electron chi connectivity index (χ1n) is 9.34. The van der Waals surface area contributed by atoms with E-state index in [1.807, 2.05) is 0 Å². The number of carbonyl (C=O) groups excluding carboxylic acids is 2. The number of hydrogen-bond donors (Lipinski definition) is 0. The lowest BCUT2D eigenvalue weighted by atomic mass is 10.1. The van der Waals surface area contributed by atoms with E-state index in [4.69, 9.17) is 37.1 Å². The highest BCUT2D eigenvalue weighted by atomic mass is 35.5. The molecule has 32 heavy (non-hydrogen) atoms. The first-order valence-corrected chi connectivity index (χ1v) is 10.1. The van der Waals surface area contributed by atoms with Crippen molar-refractivity contribution < 1.29 is 23.5 Å². The number of aromatic nitrogens is 1. The summed E-state index contributed by atoms with van der Waals surface area (Å²) < 4.78 is 15.6. The molecule has 0 radical (unpaired) electrons. The molecule has 0 amide bonds. The van der Waals surface area contributed by atoms with E-state index >= 15 is 0 Å². The number of allylic oxidation sites excluding steroid dienone is 2. The number of rotatable bonds is 4. The highest BCUT2D eigenvalue weighted by Crippen LogP contribution is 2.34. The van der Waals surface area contributed by atoms with E-state index in [0.29, 0.717) is 38.3 Å². The summed E-state index contributed by atoms with van der Waals surface area (Å²) in [5.41, 5.74) is 2.25. The molecule has 1 aliphatic rings. The van der Waals surface area contributed by atoms with E-state index in [0.717, 1.165) is 0 Å². The number of esters is 2. The SMILES string of the molecule is COC(=O)C1=C(C(=O)OC)N(c2ccc3oc(-c4ccc(Cl)cc4Cl)nc3c2)C=CC=C1. The molecule has 0 aliphatic carbocycles. The van der Waals surface area contributed by atoms with Crippen LogP contribution in [0, 0.1) is 0 Å². The van der Waals surface area contributed by atoms with Crippen molar-refractivity contribution in [3.63, 3.8) is 0 Å². The molecule has 0 saturated carbocycles. The lowest BCUT2D eigenvalue weighted by Gasteiger charge is -2.22. The molecule has 1 aromatic heterocycles. The summed E-state index contributed by atoms with van der Waals surface area (Å²) in [5.74, 6) is -1.04. The molecule has 1 aliphatic heterocycles. The lowest BCUT2D eigenvalue weighted by molar-refractivity contribution is -0.139. The fourth-order valence-corrected chi connectivity index (χ4v) is 3.70. The van der Waals surface area contributed by atoms with Gasteiger partial charge in [-0.3, -0.25) is 0 Å². The Morgan fingerprint density at radius 2 is 1.78 bits per heavy atom. The van der Waals surface area contributed by atoms with Crippen molar-refractivity contribution in [1.29, 1.82) is 0 Å². The smallest absolute Gasteiger partial charge is 0.355 e. The summed E-state index contributed by atoms with van der Waals surface area (Å²) in [6.07, 6.45) is 6.44. The number of anilines is 1.